The fourth-order valence-electron chi connectivity index (χ4n) is 4.51. The lowest BCUT2D eigenvalue weighted by atomic mass is 9.92. The van der Waals surface area contributed by atoms with E-state index in [1.54, 1.807) is 16.7 Å². The Labute approximate surface area is 219 Å². The summed E-state index contributed by atoms with van der Waals surface area (Å²) in [5.41, 5.74) is 3.89. The molecule has 2 atom stereocenters. The molecular formula is C30H38N4O3. The number of nitrogens with one attached hydrogen (secondary N) is 1. The van der Waals surface area contributed by atoms with Gasteiger partial charge in [-0.1, -0.05) is 68.8 Å². The number of aryl methyl sites for hydroxylation is 1. The van der Waals surface area contributed by atoms with Crippen LogP contribution in [0, 0.1) is 12.8 Å². The van der Waals surface area contributed by atoms with Gasteiger partial charge in [-0.05, 0) is 43.4 Å². The van der Waals surface area contributed by atoms with Gasteiger partial charge in [0.05, 0.1) is 17.9 Å². The molecule has 1 saturated carbocycles. The molecule has 1 fully saturated rings. The van der Waals surface area contributed by atoms with E-state index in [4.69, 9.17) is 9.84 Å². The second kappa shape index (κ2) is 11.3. The largest absolute Gasteiger partial charge is 0.385 e. The first-order chi connectivity index (χ1) is 17.7. The van der Waals surface area contributed by atoms with Gasteiger partial charge in [-0.3, -0.25) is 9.59 Å². The minimum atomic E-state index is -0.239. The van der Waals surface area contributed by atoms with E-state index in [1.807, 2.05) is 55.5 Å². The molecule has 1 N–H and O–H groups in total. The van der Waals surface area contributed by atoms with Crippen LogP contribution in [0.2, 0.25) is 0 Å². The molecule has 0 saturated heterocycles. The highest BCUT2D eigenvalue weighted by Crippen LogP contribution is 2.48. The minimum Gasteiger partial charge on any atom is -0.385 e. The molecule has 7 heteroatoms. The first kappa shape index (κ1) is 26.6. The van der Waals surface area contributed by atoms with Gasteiger partial charge in [0.1, 0.15) is 5.82 Å². The van der Waals surface area contributed by atoms with E-state index in [-0.39, 0.29) is 35.6 Å². The van der Waals surface area contributed by atoms with Crippen molar-refractivity contribution in [3.63, 3.8) is 0 Å². The SMILES string of the molecule is COCCCN(CC(=O)Nc1cc(C(C)(C)C)nn1-c1ccc(C)cc1)C(=O)C1CC1c1ccccc1. The van der Waals surface area contributed by atoms with E-state index in [1.165, 1.54) is 5.56 Å². The van der Waals surface area contributed by atoms with Gasteiger partial charge in [-0.15, -0.1) is 0 Å². The molecule has 1 heterocycles. The van der Waals surface area contributed by atoms with Gasteiger partial charge in [-0.25, -0.2) is 4.68 Å². The van der Waals surface area contributed by atoms with E-state index >= 15 is 0 Å². The van der Waals surface area contributed by atoms with Crippen molar-refractivity contribution in [1.82, 2.24) is 14.7 Å². The van der Waals surface area contributed by atoms with Gasteiger partial charge in [0.2, 0.25) is 11.8 Å². The van der Waals surface area contributed by atoms with Gasteiger partial charge in [0.15, 0.2) is 0 Å². The van der Waals surface area contributed by atoms with E-state index in [0.717, 1.165) is 23.4 Å². The normalized spacial score (nSPS) is 16.9. The molecule has 7 nitrogen and oxygen atoms in total. The van der Waals surface area contributed by atoms with Crippen LogP contribution in [0.3, 0.4) is 0 Å². The molecule has 0 aliphatic heterocycles. The summed E-state index contributed by atoms with van der Waals surface area (Å²) in [4.78, 5) is 28.4. The van der Waals surface area contributed by atoms with Crippen molar-refractivity contribution in [1.29, 1.82) is 0 Å². The lowest BCUT2D eigenvalue weighted by Gasteiger charge is -2.22. The molecule has 1 aliphatic rings. The Balaban J connectivity index is 1.50. The maximum atomic E-state index is 13.4. The molecule has 1 aromatic heterocycles. The van der Waals surface area contributed by atoms with Crippen LogP contribution in [-0.4, -0.2) is 53.3 Å². The minimum absolute atomic E-state index is 0.00944. The van der Waals surface area contributed by atoms with Crippen molar-refractivity contribution in [2.45, 2.75) is 51.9 Å². The summed E-state index contributed by atoms with van der Waals surface area (Å²) in [7, 11) is 1.64. The Morgan fingerprint density at radius 1 is 1.11 bits per heavy atom. The molecule has 2 aromatic carbocycles. The summed E-state index contributed by atoms with van der Waals surface area (Å²) in [6.07, 6.45) is 1.49. The summed E-state index contributed by atoms with van der Waals surface area (Å²) in [6, 6.07) is 20.1. The highest BCUT2D eigenvalue weighted by atomic mass is 16.5. The molecule has 37 heavy (non-hydrogen) atoms. The standard InChI is InChI=1S/C30H38N4O3/c1-21-12-14-23(15-13-21)34-27(19-26(32-34)30(2,3)4)31-28(35)20-33(16-9-17-37-5)29(36)25-18-24(25)22-10-7-6-8-11-22/h6-8,10-15,19,24-25H,9,16-18,20H2,1-5H3,(H,31,35). The number of carbonyl (C=O) groups excluding carboxylic acids is 2. The van der Waals surface area contributed by atoms with Crippen LogP contribution in [0.1, 0.15) is 56.4 Å². The molecule has 3 aromatic rings. The number of anilines is 1. The molecule has 0 bridgehead atoms. The summed E-state index contributed by atoms with van der Waals surface area (Å²) < 4.78 is 6.96. The van der Waals surface area contributed by atoms with Crippen LogP contribution in [-0.2, 0) is 19.7 Å². The van der Waals surface area contributed by atoms with Crippen LogP contribution in [0.25, 0.3) is 5.69 Å². The monoisotopic (exact) mass is 502 g/mol. The van der Waals surface area contributed by atoms with Gasteiger partial charge >= 0.3 is 0 Å². The number of ether oxygens (including phenoxy) is 1. The second-order valence-corrected chi connectivity index (χ2v) is 10.9. The second-order valence-electron chi connectivity index (χ2n) is 10.9. The maximum absolute atomic E-state index is 13.4. The summed E-state index contributed by atoms with van der Waals surface area (Å²) >= 11 is 0. The Kier molecular flexibility index (Phi) is 8.13. The number of aromatic nitrogens is 2. The zero-order chi connectivity index (χ0) is 26.6. The maximum Gasteiger partial charge on any atom is 0.245 e. The van der Waals surface area contributed by atoms with E-state index < -0.39 is 0 Å². The number of benzene rings is 2. The van der Waals surface area contributed by atoms with E-state index in [0.29, 0.717) is 25.4 Å². The van der Waals surface area contributed by atoms with Crippen molar-refractivity contribution in [3.05, 3.63) is 77.5 Å². The number of carbonyl (C=O) groups is 2. The number of rotatable bonds is 10. The smallest absolute Gasteiger partial charge is 0.245 e. The fraction of sp³-hybridized carbons (Fsp3) is 0.433. The van der Waals surface area contributed by atoms with Gasteiger partial charge in [0, 0.05) is 37.7 Å². The fourth-order valence-corrected chi connectivity index (χ4v) is 4.51. The van der Waals surface area contributed by atoms with Crippen LogP contribution < -0.4 is 5.32 Å². The van der Waals surface area contributed by atoms with Gasteiger partial charge in [-0.2, -0.15) is 5.10 Å². The Morgan fingerprint density at radius 2 is 1.81 bits per heavy atom. The highest BCUT2D eigenvalue weighted by molar-refractivity contribution is 5.95. The predicted molar refractivity (Wildman–Crippen MR) is 146 cm³/mol. The quantitative estimate of drug-likeness (QED) is 0.392. The third-order valence-corrected chi connectivity index (χ3v) is 6.78. The summed E-state index contributed by atoms with van der Waals surface area (Å²) in [6.45, 7) is 9.31. The number of hydrogen-bond donors (Lipinski definition) is 1. The molecular weight excluding hydrogens is 464 g/mol. The first-order valence-electron chi connectivity index (χ1n) is 13.0. The molecule has 0 spiro atoms. The molecule has 2 amide bonds. The van der Waals surface area contributed by atoms with E-state index in [2.05, 4.69) is 38.2 Å². The van der Waals surface area contributed by atoms with Crippen LogP contribution in [0.15, 0.2) is 60.7 Å². The van der Waals surface area contributed by atoms with Crippen molar-refractivity contribution in [3.8, 4) is 5.69 Å². The molecule has 196 valence electrons. The lowest BCUT2D eigenvalue weighted by molar-refractivity contribution is -0.136. The lowest BCUT2D eigenvalue weighted by Crippen LogP contribution is -2.40. The van der Waals surface area contributed by atoms with Gasteiger partial charge < -0.3 is 15.0 Å². The average molecular weight is 503 g/mol. The Bertz CT molecular complexity index is 1210. The molecule has 4 rings (SSSR count). The Morgan fingerprint density at radius 3 is 2.46 bits per heavy atom. The first-order valence-corrected chi connectivity index (χ1v) is 13.0. The zero-order valence-corrected chi connectivity index (χ0v) is 22.5. The molecule has 1 aliphatic carbocycles. The third kappa shape index (κ3) is 6.66. The number of hydrogen-bond acceptors (Lipinski definition) is 4. The number of amides is 2. The van der Waals surface area contributed by atoms with Crippen molar-refractivity contribution in [2.24, 2.45) is 5.92 Å². The van der Waals surface area contributed by atoms with Crippen molar-refractivity contribution in [2.75, 3.05) is 32.1 Å². The number of nitrogens with zero attached hydrogens (tertiary/aromatic N) is 3. The predicted octanol–water partition coefficient (Wildman–Crippen LogP) is 5.09. The van der Waals surface area contributed by atoms with E-state index in [9.17, 15) is 9.59 Å². The zero-order valence-electron chi connectivity index (χ0n) is 22.5. The van der Waals surface area contributed by atoms with Crippen molar-refractivity contribution < 1.29 is 14.3 Å². The Hall–Kier alpha value is -3.45. The number of methoxy groups -OCH3 is 1. The molecule has 2 unspecified atom stereocenters. The topological polar surface area (TPSA) is 76.5 Å². The van der Waals surface area contributed by atoms with Crippen LogP contribution in [0.5, 0.6) is 0 Å². The summed E-state index contributed by atoms with van der Waals surface area (Å²) in [5, 5.41) is 7.83. The van der Waals surface area contributed by atoms with Crippen molar-refractivity contribution >= 4 is 17.6 Å². The molecule has 0 radical (unpaired) electrons. The third-order valence-electron chi connectivity index (χ3n) is 6.78. The average Bonchev–Trinajstić information content (AvgIpc) is 3.56. The highest BCUT2D eigenvalue weighted by Gasteiger charge is 2.45. The van der Waals surface area contributed by atoms with Gasteiger partial charge in [0.25, 0.3) is 0 Å². The van der Waals surface area contributed by atoms with Crippen LogP contribution >= 0.6 is 0 Å². The van der Waals surface area contributed by atoms with Crippen LogP contribution in [0.4, 0.5) is 5.82 Å². The summed E-state index contributed by atoms with van der Waals surface area (Å²) in [5.74, 6) is 0.526.